The van der Waals surface area contributed by atoms with Crippen LogP contribution in [-0.2, 0) is 10.0 Å². The second-order valence-electron chi connectivity index (χ2n) is 8.31. The smallest absolute Gasteiger partial charge is 0.244 e. The summed E-state index contributed by atoms with van der Waals surface area (Å²) >= 11 is 12.0. The van der Waals surface area contributed by atoms with Gasteiger partial charge < -0.3 is 15.2 Å². The zero-order valence-electron chi connectivity index (χ0n) is 17.9. The van der Waals surface area contributed by atoms with Gasteiger partial charge in [-0.1, -0.05) is 30.1 Å². The van der Waals surface area contributed by atoms with E-state index in [-0.39, 0.29) is 53.5 Å². The zero-order valence-corrected chi connectivity index (χ0v) is 20.2. The van der Waals surface area contributed by atoms with Crippen molar-refractivity contribution in [2.45, 2.75) is 11.8 Å². The summed E-state index contributed by atoms with van der Waals surface area (Å²) < 4.78 is 47.2. The van der Waals surface area contributed by atoms with Crippen LogP contribution in [0.3, 0.4) is 0 Å². The molecule has 1 fully saturated rings. The molecule has 0 aliphatic carbocycles. The predicted octanol–water partition coefficient (Wildman–Crippen LogP) is 3.29. The summed E-state index contributed by atoms with van der Waals surface area (Å²) in [4.78, 5) is -0.0286. The van der Waals surface area contributed by atoms with Crippen LogP contribution in [0.15, 0.2) is 41.3 Å². The van der Waals surface area contributed by atoms with E-state index in [4.69, 9.17) is 33.2 Å². The second kappa shape index (κ2) is 10.6. The number of nitrogens with zero attached hydrogens (tertiary/aromatic N) is 2. The van der Waals surface area contributed by atoms with Crippen molar-refractivity contribution in [2.75, 3.05) is 39.4 Å². The standard InChI is InChI=1S/C22H24Cl2FN3O4S/c1-15(10-29)9-27-11-22(14-32-18-4-2-16(8-26)20(25)7-18)12-28(13-22)33(30,31)21-5-3-17(23)6-19(21)24/h2-7,15,27,29H,9-14H2,1H3. The van der Waals surface area contributed by atoms with E-state index in [0.717, 1.165) is 6.07 Å². The molecule has 0 radical (unpaired) electrons. The average Bonchev–Trinajstić information content (AvgIpc) is 2.74. The van der Waals surface area contributed by atoms with Crippen molar-refractivity contribution in [3.05, 3.63) is 57.8 Å². The molecule has 7 nitrogen and oxygen atoms in total. The van der Waals surface area contributed by atoms with Crippen LogP contribution in [-0.4, -0.2) is 57.2 Å². The Balaban J connectivity index is 1.74. The van der Waals surface area contributed by atoms with Gasteiger partial charge in [-0.25, -0.2) is 12.8 Å². The van der Waals surface area contributed by atoms with Crippen LogP contribution in [0.2, 0.25) is 10.0 Å². The molecular weight excluding hydrogens is 492 g/mol. The molecule has 33 heavy (non-hydrogen) atoms. The predicted molar refractivity (Wildman–Crippen MR) is 123 cm³/mol. The maximum Gasteiger partial charge on any atom is 0.244 e. The van der Waals surface area contributed by atoms with E-state index in [1.54, 1.807) is 6.07 Å². The molecule has 11 heteroatoms. The van der Waals surface area contributed by atoms with Crippen LogP contribution in [0, 0.1) is 28.5 Å². The van der Waals surface area contributed by atoms with E-state index in [2.05, 4.69) is 5.32 Å². The van der Waals surface area contributed by atoms with Crippen LogP contribution >= 0.6 is 23.2 Å². The molecule has 2 aromatic carbocycles. The molecule has 0 aromatic heterocycles. The van der Waals surface area contributed by atoms with Gasteiger partial charge in [0.15, 0.2) is 0 Å². The number of benzene rings is 2. The van der Waals surface area contributed by atoms with Gasteiger partial charge in [0.25, 0.3) is 0 Å². The minimum atomic E-state index is -3.84. The van der Waals surface area contributed by atoms with Crippen molar-refractivity contribution in [3.8, 4) is 11.8 Å². The number of nitriles is 1. The first-order valence-electron chi connectivity index (χ1n) is 10.2. The summed E-state index contributed by atoms with van der Waals surface area (Å²) in [5.74, 6) is -0.408. The van der Waals surface area contributed by atoms with Crippen molar-refractivity contribution in [1.82, 2.24) is 9.62 Å². The van der Waals surface area contributed by atoms with Crippen LogP contribution in [0.1, 0.15) is 12.5 Å². The fraction of sp³-hybridized carbons (Fsp3) is 0.409. The number of aliphatic hydroxyl groups is 1. The molecule has 0 bridgehead atoms. The molecule has 1 aliphatic heterocycles. The summed E-state index contributed by atoms with van der Waals surface area (Å²) in [6.45, 7) is 3.32. The summed E-state index contributed by atoms with van der Waals surface area (Å²) in [6, 6.07) is 9.93. The lowest BCUT2D eigenvalue weighted by molar-refractivity contribution is 0.0183. The highest BCUT2D eigenvalue weighted by Gasteiger charge is 2.49. The Morgan fingerprint density at radius 1 is 1.30 bits per heavy atom. The first kappa shape index (κ1) is 25.7. The molecule has 1 heterocycles. The second-order valence-corrected chi connectivity index (χ2v) is 11.1. The van der Waals surface area contributed by atoms with Crippen LogP contribution < -0.4 is 10.1 Å². The summed E-state index contributed by atoms with van der Waals surface area (Å²) in [7, 11) is -3.84. The normalized spacial score (nSPS) is 16.6. The van der Waals surface area contributed by atoms with E-state index in [9.17, 15) is 17.9 Å². The van der Waals surface area contributed by atoms with E-state index in [1.165, 1.54) is 34.6 Å². The fourth-order valence-corrected chi connectivity index (χ4v) is 5.92. The van der Waals surface area contributed by atoms with Gasteiger partial charge in [0.1, 0.15) is 22.5 Å². The Hall–Kier alpha value is -1.93. The Labute approximate surface area is 202 Å². The lowest BCUT2D eigenvalue weighted by atomic mass is 9.82. The number of ether oxygens (including phenoxy) is 1. The third-order valence-electron chi connectivity index (χ3n) is 5.45. The maximum absolute atomic E-state index is 13.9. The van der Waals surface area contributed by atoms with Gasteiger partial charge in [0, 0.05) is 42.7 Å². The van der Waals surface area contributed by atoms with Gasteiger partial charge in [0.05, 0.1) is 17.2 Å². The topological polar surface area (TPSA) is 103 Å². The third kappa shape index (κ3) is 5.96. The van der Waals surface area contributed by atoms with E-state index in [1.807, 2.05) is 6.92 Å². The van der Waals surface area contributed by atoms with Gasteiger partial charge >= 0.3 is 0 Å². The van der Waals surface area contributed by atoms with E-state index >= 15 is 0 Å². The molecule has 0 saturated carbocycles. The Morgan fingerprint density at radius 3 is 2.64 bits per heavy atom. The van der Waals surface area contributed by atoms with E-state index in [0.29, 0.717) is 18.1 Å². The molecule has 0 amide bonds. The van der Waals surface area contributed by atoms with Crippen molar-refractivity contribution < 1.29 is 22.7 Å². The third-order valence-corrected chi connectivity index (χ3v) is 7.96. The van der Waals surface area contributed by atoms with Gasteiger partial charge in [0.2, 0.25) is 10.0 Å². The Bertz CT molecular complexity index is 1150. The Kier molecular flexibility index (Phi) is 8.22. The number of hydrogen-bond acceptors (Lipinski definition) is 6. The average molecular weight is 516 g/mol. The molecule has 1 saturated heterocycles. The Morgan fingerprint density at radius 2 is 2.03 bits per heavy atom. The van der Waals surface area contributed by atoms with Crippen molar-refractivity contribution in [3.63, 3.8) is 0 Å². The highest BCUT2D eigenvalue weighted by atomic mass is 35.5. The maximum atomic E-state index is 13.9. The number of rotatable bonds is 10. The van der Waals surface area contributed by atoms with Crippen LogP contribution in [0.25, 0.3) is 0 Å². The quantitative estimate of drug-likeness (QED) is 0.503. The molecule has 1 aliphatic rings. The molecule has 178 valence electrons. The summed E-state index contributed by atoms with van der Waals surface area (Å²) in [5.41, 5.74) is -0.664. The zero-order chi connectivity index (χ0) is 24.2. The number of hydrogen-bond donors (Lipinski definition) is 2. The summed E-state index contributed by atoms with van der Waals surface area (Å²) in [5, 5.41) is 21.7. The van der Waals surface area contributed by atoms with Gasteiger partial charge in [-0.15, -0.1) is 0 Å². The monoisotopic (exact) mass is 515 g/mol. The van der Waals surface area contributed by atoms with Crippen LogP contribution in [0.4, 0.5) is 4.39 Å². The number of aliphatic hydroxyl groups excluding tert-OH is 1. The number of sulfonamides is 1. The lowest BCUT2D eigenvalue weighted by Crippen LogP contribution is -2.64. The number of halogens is 3. The van der Waals surface area contributed by atoms with Crippen molar-refractivity contribution in [2.24, 2.45) is 11.3 Å². The summed E-state index contributed by atoms with van der Waals surface area (Å²) in [6.07, 6.45) is 0. The minimum absolute atomic E-state index is 0.0244. The first-order valence-corrected chi connectivity index (χ1v) is 12.4. The molecule has 2 aromatic rings. The molecule has 3 rings (SSSR count). The minimum Gasteiger partial charge on any atom is -0.493 e. The molecular formula is C22H24Cl2FN3O4S. The largest absolute Gasteiger partial charge is 0.493 e. The highest BCUT2D eigenvalue weighted by molar-refractivity contribution is 7.89. The molecule has 0 spiro atoms. The first-order chi connectivity index (χ1) is 15.6. The SMILES string of the molecule is CC(CO)CNCC1(COc2ccc(C#N)c(F)c2)CN(S(=O)(=O)c2ccc(Cl)cc2Cl)C1. The van der Waals surface area contributed by atoms with Gasteiger partial charge in [-0.05, 0) is 42.8 Å². The lowest BCUT2D eigenvalue weighted by Gasteiger charge is -2.49. The van der Waals surface area contributed by atoms with Crippen LogP contribution in [0.5, 0.6) is 5.75 Å². The van der Waals surface area contributed by atoms with Gasteiger partial charge in [-0.3, -0.25) is 0 Å². The number of nitrogens with one attached hydrogen (secondary N) is 1. The molecule has 1 atom stereocenters. The van der Waals surface area contributed by atoms with E-state index < -0.39 is 21.3 Å². The highest BCUT2D eigenvalue weighted by Crippen LogP contribution is 2.37. The van der Waals surface area contributed by atoms with Crippen molar-refractivity contribution in [1.29, 1.82) is 5.26 Å². The fourth-order valence-electron chi connectivity index (χ4n) is 3.51. The molecule has 1 unspecified atom stereocenters. The molecule has 2 N–H and O–H groups in total. The van der Waals surface area contributed by atoms with Crippen molar-refractivity contribution >= 4 is 33.2 Å². The van der Waals surface area contributed by atoms with Gasteiger partial charge in [-0.2, -0.15) is 9.57 Å².